The minimum absolute atomic E-state index is 0. The summed E-state index contributed by atoms with van der Waals surface area (Å²) >= 11 is 0. The summed E-state index contributed by atoms with van der Waals surface area (Å²) in [5.74, 6) is 0. The Balaban J connectivity index is 0.000000234. The van der Waals surface area contributed by atoms with Crippen molar-refractivity contribution in [2.45, 2.75) is 51.0 Å². The summed E-state index contributed by atoms with van der Waals surface area (Å²) < 4.78 is 27.3. The van der Waals surface area contributed by atoms with Crippen molar-refractivity contribution < 1.29 is 29.2 Å². The lowest BCUT2D eigenvalue weighted by molar-refractivity contribution is -0.164. The number of nitriles is 2. The minimum Gasteiger partial charge on any atom is -0.412 e. The number of hydrogen-bond donors (Lipinski definition) is 0. The van der Waals surface area contributed by atoms with Gasteiger partial charge in [0.15, 0.2) is 12.6 Å². The van der Waals surface area contributed by atoms with Crippen LogP contribution in [0.1, 0.15) is 38.5 Å². The maximum atomic E-state index is 7.32. The third-order valence-corrected chi connectivity index (χ3v) is 4.50. The Morgan fingerprint density at radius 1 is 0.900 bits per heavy atom. The summed E-state index contributed by atoms with van der Waals surface area (Å²) in [4.78, 5) is 0. The van der Waals surface area contributed by atoms with Crippen LogP contribution in [0.25, 0.3) is 0 Å². The molecule has 2 N–H and O–H groups in total. The summed E-state index contributed by atoms with van der Waals surface area (Å²) in [5.41, 5.74) is 0.867. The SMILES string of the molecule is C1=CC2(C3OCCO3)CCC1O2.CC#N.CC#N.O.c1ccc(C2OCCO2)cc1. The summed E-state index contributed by atoms with van der Waals surface area (Å²) in [6.07, 6.45) is 6.42. The molecule has 1 aromatic rings. The number of rotatable bonds is 2. The van der Waals surface area contributed by atoms with Crippen molar-refractivity contribution in [3.8, 4) is 12.1 Å². The standard InChI is InChI=1S/C9H12O3.C9H10O2.2C2H3N.H2O/c1-3-9(4-2-7(1)12-9)8-10-5-6-11-8;1-2-4-8(5-3-1)9-10-6-7-11-9;2*1-2-3;/h1,3,7-8H,2,4-6H2;1-5,9H,6-7H2;2*1H3;1H2. The van der Waals surface area contributed by atoms with E-state index in [1.807, 2.05) is 30.3 Å². The summed E-state index contributed by atoms with van der Waals surface area (Å²) in [5, 5.41) is 14.6. The molecule has 8 nitrogen and oxygen atoms in total. The van der Waals surface area contributed by atoms with Gasteiger partial charge in [0.05, 0.1) is 44.7 Å². The van der Waals surface area contributed by atoms with Crippen LogP contribution in [0.5, 0.6) is 0 Å². The molecule has 164 valence electrons. The lowest BCUT2D eigenvalue weighted by atomic mass is 9.94. The summed E-state index contributed by atoms with van der Waals surface area (Å²) in [6, 6.07) is 13.5. The highest BCUT2D eigenvalue weighted by Gasteiger charge is 2.50. The van der Waals surface area contributed by atoms with E-state index in [0.717, 1.165) is 18.4 Å². The largest absolute Gasteiger partial charge is 0.412 e. The molecule has 2 atom stereocenters. The highest BCUT2D eigenvalue weighted by Crippen LogP contribution is 2.42. The number of nitrogens with zero attached hydrogens (tertiary/aromatic N) is 2. The molecular weight excluding hydrogens is 388 g/mol. The zero-order chi connectivity index (χ0) is 21.0. The smallest absolute Gasteiger partial charge is 0.190 e. The van der Waals surface area contributed by atoms with Gasteiger partial charge in [-0.25, -0.2) is 0 Å². The maximum Gasteiger partial charge on any atom is 0.190 e. The van der Waals surface area contributed by atoms with Crippen LogP contribution < -0.4 is 0 Å². The Morgan fingerprint density at radius 3 is 1.87 bits per heavy atom. The lowest BCUT2D eigenvalue weighted by Crippen LogP contribution is -2.39. The molecule has 3 fully saturated rings. The molecule has 0 radical (unpaired) electrons. The first-order valence-corrected chi connectivity index (χ1v) is 9.69. The third kappa shape index (κ3) is 7.19. The van der Waals surface area contributed by atoms with Gasteiger partial charge >= 0.3 is 0 Å². The highest BCUT2D eigenvalue weighted by atomic mass is 16.7. The van der Waals surface area contributed by atoms with Gasteiger partial charge in [-0.05, 0) is 18.9 Å². The van der Waals surface area contributed by atoms with Crippen molar-refractivity contribution in [1.82, 2.24) is 0 Å². The molecule has 3 saturated heterocycles. The second kappa shape index (κ2) is 13.8. The first-order chi connectivity index (χ1) is 14.2. The average Bonchev–Trinajstić information content (AvgIpc) is 3.56. The molecule has 4 heterocycles. The normalized spacial score (nSPS) is 25.9. The van der Waals surface area contributed by atoms with E-state index in [1.165, 1.54) is 13.8 Å². The van der Waals surface area contributed by atoms with E-state index in [-0.39, 0.29) is 23.7 Å². The van der Waals surface area contributed by atoms with E-state index in [9.17, 15) is 0 Å². The van der Waals surface area contributed by atoms with Crippen LogP contribution in [0.4, 0.5) is 0 Å². The van der Waals surface area contributed by atoms with E-state index in [1.54, 1.807) is 12.1 Å². The zero-order valence-electron chi connectivity index (χ0n) is 17.5. The molecule has 0 aromatic heterocycles. The van der Waals surface area contributed by atoms with E-state index < -0.39 is 0 Å². The quantitative estimate of drug-likeness (QED) is 0.676. The molecule has 8 heteroatoms. The van der Waals surface area contributed by atoms with Gasteiger partial charge in [-0.15, -0.1) is 0 Å². The van der Waals surface area contributed by atoms with Gasteiger partial charge in [-0.3, -0.25) is 0 Å². The van der Waals surface area contributed by atoms with Crippen LogP contribution in [0.2, 0.25) is 0 Å². The zero-order valence-corrected chi connectivity index (χ0v) is 17.5. The van der Waals surface area contributed by atoms with Crippen molar-refractivity contribution in [2.24, 2.45) is 0 Å². The van der Waals surface area contributed by atoms with Gasteiger partial charge in [0, 0.05) is 19.4 Å². The Kier molecular flexibility index (Phi) is 11.9. The van der Waals surface area contributed by atoms with Crippen LogP contribution in [0.15, 0.2) is 42.5 Å². The van der Waals surface area contributed by atoms with E-state index in [2.05, 4.69) is 12.2 Å². The second-order valence-corrected chi connectivity index (χ2v) is 6.51. The van der Waals surface area contributed by atoms with Crippen LogP contribution in [-0.4, -0.2) is 49.9 Å². The molecule has 30 heavy (non-hydrogen) atoms. The Labute approximate surface area is 177 Å². The van der Waals surface area contributed by atoms with Crippen molar-refractivity contribution in [3.63, 3.8) is 0 Å². The van der Waals surface area contributed by atoms with Crippen molar-refractivity contribution in [3.05, 3.63) is 48.0 Å². The van der Waals surface area contributed by atoms with Gasteiger partial charge < -0.3 is 29.2 Å². The van der Waals surface area contributed by atoms with Crippen LogP contribution in [0.3, 0.4) is 0 Å². The fraction of sp³-hybridized carbons (Fsp3) is 0.545. The van der Waals surface area contributed by atoms with E-state index >= 15 is 0 Å². The molecule has 1 aromatic carbocycles. The first kappa shape index (κ1) is 25.7. The number of ether oxygens (including phenoxy) is 5. The summed E-state index contributed by atoms with van der Waals surface area (Å²) in [7, 11) is 0. The Hall–Kier alpha value is -2.30. The molecule has 0 amide bonds. The number of hydrogen-bond acceptors (Lipinski definition) is 7. The van der Waals surface area contributed by atoms with Crippen molar-refractivity contribution in [1.29, 1.82) is 10.5 Å². The van der Waals surface area contributed by atoms with Gasteiger partial charge in [0.1, 0.15) is 5.60 Å². The predicted octanol–water partition coefficient (Wildman–Crippen LogP) is 2.81. The lowest BCUT2D eigenvalue weighted by Gasteiger charge is -2.27. The molecule has 0 spiro atoms. The molecule has 2 unspecified atom stereocenters. The third-order valence-electron chi connectivity index (χ3n) is 4.50. The monoisotopic (exact) mass is 418 g/mol. The second-order valence-electron chi connectivity index (χ2n) is 6.51. The Morgan fingerprint density at radius 2 is 1.43 bits per heavy atom. The molecule has 0 aliphatic carbocycles. The van der Waals surface area contributed by atoms with Gasteiger partial charge in [-0.2, -0.15) is 10.5 Å². The van der Waals surface area contributed by atoms with Crippen LogP contribution in [-0.2, 0) is 23.7 Å². The average molecular weight is 418 g/mol. The molecule has 2 bridgehead atoms. The predicted molar refractivity (Wildman–Crippen MR) is 109 cm³/mol. The van der Waals surface area contributed by atoms with Crippen LogP contribution >= 0.6 is 0 Å². The molecule has 0 saturated carbocycles. The highest BCUT2D eigenvalue weighted by molar-refractivity contribution is 5.19. The van der Waals surface area contributed by atoms with Crippen molar-refractivity contribution >= 4 is 0 Å². The van der Waals surface area contributed by atoms with Gasteiger partial charge in [0.2, 0.25) is 0 Å². The molecule has 5 rings (SSSR count). The van der Waals surface area contributed by atoms with Gasteiger partial charge in [-0.1, -0.05) is 36.4 Å². The molecule has 4 aliphatic rings. The fourth-order valence-electron chi connectivity index (χ4n) is 3.35. The molecule has 4 aliphatic heterocycles. The number of fused-ring (bicyclic) bond motifs is 2. The number of benzene rings is 1. The van der Waals surface area contributed by atoms with E-state index in [0.29, 0.717) is 32.5 Å². The Bertz CT molecular complexity index is 691. The minimum atomic E-state index is -0.235. The first-order valence-electron chi connectivity index (χ1n) is 9.69. The van der Waals surface area contributed by atoms with Crippen LogP contribution in [0, 0.1) is 22.7 Å². The van der Waals surface area contributed by atoms with E-state index in [4.69, 9.17) is 34.2 Å². The van der Waals surface area contributed by atoms with Gasteiger partial charge in [0.25, 0.3) is 0 Å². The fourth-order valence-corrected chi connectivity index (χ4v) is 3.35. The summed E-state index contributed by atoms with van der Waals surface area (Å²) in [6.45, 7) is 5.68. The molecular formula is C22H30N2O6. The van der Waals surface area contributed by atoms with Crippen molar-refractivity contribution in [2.75, 3.05) is 26.4 Å². The topological polar surface area (TPSA) is 125 Å². The maximum absolute atomic E-state index is 7.32.